The maximum atomic E-state index is 12.4. The molecule has 3 aromatic rings. The van der Waals surface area contributed by atoms with Crippen molar-refractivity contribution < 1.29 is 14.3 Å². The molecule has 0 fully saturated rings. The number of aliphatic hydroxyl groups excluding tert-OH is 1. The molecule has 0 bridgehead atoms. The van der Waals surface area contributed by atoms with Gasteiger partial charge < -0.3 is 14.8 Å². The lowest BCUT2D eigenvalue weighted by molar-refractivity contribution is 0.0912. The first-order valence-electron chi connectivity index (χ1n) is 7.18. The summed E-state index contributed by atoms with van der Waals surface area (Å²) in [6, 6.07) is 16.9. The van der Waals surface area contributed by atoms with Gasteiger partial charge >= 0.3 is 5.63 Å². The van der Waals surface area contributed by atoms with Crippen LogP contribution in [0, 0.1) is 0 Å². The SMILES string of the molecule is O=C(N[C@H](CO)c1ccccc1)c1cc2ccccc2oc1=O. The van der Waals surface area contributed by atoms with Crippen LogP contribution in [0.2, 0.25) is 0 Å². The highest BCUT2D eigenvalue weighted by atomic mass is 16.4. The fraction of sp³-hybridized carbons (Fsp3) is 0.111. The number of benzene rings is 2. The molecular weight excluding hydrogens is 294 g/mol. The van der Waals surface area contributed by atoms with E-state index in [-0.39, 0.29) is 12.2 Å². The van der Waals surface area contributed by atoms with Crippen molar-refractivity contribution in [3.8, 4) is 0 Å². The molecule has 0 aliphatic heterocycles. The third kappa shape index (κ3) is 3.14. The van der Waals surface area contributed by atoms with E-state index in [2.05, 4.69) is 5.32 Å². The highest BCUT2D eigenvalue weighted by Gasteiger charge is 2.18. The first kappa shape index (κ1) is 15.0. The summed E-state index contributed by atoms with van der Waals surface area (Å²) in [5.41, 5.74) is 0.397. The average molecular weight is 309 g/mol. The van der Waals surface area contributed by atoms with E-state index in [1.165, 1.54) is 6.07 Å². The molecule has 5 nitrogen and oxygen atoms in total. The van der Waals surface area contributed by atoms with Crippen LogP contribution in [-0.4, -0.2) is 17.6 Å². The molecule has 23 heavy (non-hydrogen) atoms. The summed E-state index contributed by atoms with van der Waals surface area (Å²) in [6.07, 6.45) is 0. The number of carbonyl (C=O) groups is 1. The molecule has 1 heterocycles. The number of nitrogens with one attached hydrogen (secondary N) is 1. The van der Waals surface area contributed by atoms with Crippen molar-refractivity contribution in [2.24, 2.45) is 0 Å². The molecule has 0 spiro atoms. The van der Waals surface area contributed by atoms with Crippen molar-refractivity contribution >= 4 is 16.9 Å². The lowest BCUT2D eigenvalue weighted by atomic mass is 10.1. The van der Waals surface area contributed by atoms with Crippen LogP contribution in [0.15, 0.2) is 69.9 Å². The van der Waals surface area contributed by atoms with Gasteiger partial charge in [-0.15, -0.1) is 0 Å². The zero-order valence-corrected chi connectivity index (χ0v) is 12.2. The van der Waals surface area contributed by atoms with E-state index in [0.29, 0.717) is 11.0 Å². The minimum atomic E-state index is -0.703. The van der Waals surface area contributed by atoms with E-state index in [4.69, 9.17) is 4.42 Å². The van der Waals surface area contributed by atoms with Crippen molar-refractivity contribution in [3.05, 3.63) is 82.2 Å². The maximum absolute atomic E-state index is 12.4. The summed E-state index contributed by atoms with van der Waals surface area (Å²) >= 11 is 0. The van der Waals surface area contributed by atoms with Crippen LogP contribution in [0.3, 0.4) is 0 Å². The molecule has 1 amide bonds. The van der Waals surface area contributed by atoms with Crippen molar-refractivity contribution in [3.63, 3.8) is 0 Å². The van der Waals surface area contributed by atoms with Gasteiger partial charge in [0.25, 0.3) is 5.91 Å². The maximum Gasteiger partial charge on any atom is 0.349 e. The van der Waals surface area contributed by atoms with Gasteiger partial charge in [-0.3, -0.25) is 4.79 Å². The Morgan fingerprint density at radius 2 is 1.78 bits per heavy atom. The number of para-hydroxylation sites is 1. The van der Waals surface area contributed by atoms with Gasteiger partial charge in [-0.2, -0.15) is 0 Å². The zero-order chi connectivity index (χ0) is 16.2. The molecular formula is C18H15NO4. The number of carbonyl (C=O) groups excluding carboxylic acids is 1. The highest BCUT2D eigenvalue weighted by molar-refractivity contribution is 5.96. The van der Waals surface area contributed by atoms with Crippen LogP contribution < -0.4 is 10.9 Å². The van der Waals surface area contributed by atoms with Crippen LogP contribution in [0.1, 0.15) is 22.0 Å². The Morgan fingerprint density at radius 3 is 2.52 bits per heavy atom. The molecule has 1 atom stereocenters. The normalized spacial score (nSPS) is 12.0. The fourth-order valence-electron chi connectivity index (χ4n) is 2.38. The number of hydrogen-bond acceptors (Lipinski definition) is 4. The van der Waals surface area contributed by atoms with Gasteiger partial charge in [0.05, 0.1) is 12.6 Å². The zero-order valence-electron chi connectivity index (χ0n) is 12.2. The molecule has 0 saturated carbocycles. The molecule has 2 N–H and O–H groups in total. The predicted molar refractivity (Wildman–Crippen MR) is 86.2 cm³/mol. The Hall–Kier alpha value is -2.92. The number of aliphatic hydroxyl groups is 1. The third-order valence-electron chi connectivity index (χ3n) is 3.58. The second-order valence-electron chi connectivity index (χ2n) is 5.10. The van der Waals surface area contributed by atoms with E-state index in [9.17, 15) is 14.7 Å². The number of rotatable bonds is 4. The van der Waals surface area contributed by atoms with Crippen molar-refractivity contribution in [2.45, 2.75) is 6.04 Å². The van der Waals surface area contributed by atoms with Gasteiger partial charge in [0, 0.05) is 5.39 Å². The molecule has 1 aromatic heterocycles. The summed E-state index contributed by atoms with van der Waals surface area (Å²) in [5, 5.41) is 12.8. The number of amides is 1. The monoisotopic (exact) mass is 309 g/mol. The molecule has 0 saturated heterocycles. The predicted octanol–water partition coefficient (Wildman–Crippen LogP) is 2.26. The van der Waals surface area contributed by atoms with Crippen LogP contribution in [-0.2, 0) is 0 Å². The van der Waals surface area contributed by atoms with Crippen LogP contribution in [0.25, 0.3) is 11.0 Å². The summed E-state index contributed by atoms with van der Waals surface area (Å²) < 4.78 is 5.16. The van der Waals surface area contributed by atoms with Gasteiger partial charge in [-0.25, -0.2) is 4.79 Å². The summed E-state index contributed by atoms with van der Waals surface area (Å²) in [4.78, 5) is 24.4. The van der Waals surface area contributed by atoms with Crippen molar-refractivity contribution in [1.82, 2.24) is 5.32 Å². The second-order valence-corrected chi connectivity index (χ2v) is 5.10. The van der Waals surface area contributed by atoms with Crippen molar-refractivity contribution in [1.29, 1.82) is 0 Å². The van der Waals surface area contributed by atoms with Gasteiger partial charge in [0.1, 0.15) is 11.1 Å². The number of fused-ring (bicyclic) bond motifs is 1. The van der Waals surface area contributed by atoms with E-state index in [0.717, 1.165) is 5.56 Å². The van der Waals surface area contributed by atoms with E-state index >= 15 is 0 Å². The third-order valence-corrected chi connectivity index (χ3v) is 3.58. The smallest absolute Gasteiger partial charge is 0.349 e. The Labute approximate surface area is 132 Å². The van der Waals surface area contributed by atoms with E-state index in [1.54, 1.807) is 36.4 Å². The van der Waals surface area contributed by atoms with Gasteiger partial charge in [0.2, 0.25) is 0 Å². The van der Waals surface area contributed by atoms with Crippen LogP contribution in [0.4, 0.5) is 0 Å². The minimum Gasteiger partial charge on any atom is -0.422 e. The second kappa shape index (κ2) is 6.46. The lowest BCUT2D eigenvalue weighted by Gasteiger charge is -2.16. The first-order valence-corrected chi connectivity index (χ1v) is 7.18. The minimum absolute atomic E-state index is 0.0851. The van der Waals surface area contributed by atoms with Crippen LogP contribution >= 0.6 is 0 Å². The molecule has 0 aliphatic carbocycles. The molecule has 5 heteroatoms. The Morgan fingerprint density at radius 1 is 1.09 bits per heavy atom. The van der Waals surface area contributed by atoms with Gasteiger partial charge in [-0.05, 0) is 17.7 Å². The molecule has 116 valence electrons. The molecule has 3 rings (SSSR count). The van der Waals surface area contributed by atoms with E-state index < -0.39 is 17.6 Å². The fourth-order valence-corrected chi connectivity index (χ4v) is 2.38. The highest BCUT2D eigenvalue weighted by Crippen LogP contribution is 2.15. The summed E-state index contributed by atoms with van der Waals surface area (Å²) in [7, 11) is 0. The molecule has 2 aromatic carbocycles. The van der Waals surface area contributed by atoms with E-state index in [1.807, 2.05) is 18.2 Å². The summed E-state index contributed by atoms with van der Waals surface area (Å²) in [5.74, 6) is -0.576. The molecule has 0 unspecified atom stereocenters. The van der Waals surface area contributed by atoms with Crippen molar-refractivity contribution in [2.75, 3.05) is 6.61 Å². The van der Waals surface area contributed by atoms with Crippen LogP contribution in [0.5, 0.6) is 0 Å². The van der Waals surface area contributed by atoms with Gasteiger partial charge in [0.15, 0.2) is 0 Å². The van der Waals surface area contributed by atoms with Gasteiger partial charge in [-0.1, -0.05) is 48.5 Å². The first-order chi connectivity index (χ1) is 11.2. The molecule has 0 aliphatic rings. The Balaban J connectivity index is 1.91. The Kier molecular flexibility index (Phi) is 4.21. The lowest BCUT2D eigenvalue weighted by Crippen LogP contribution is -2.33. The average Bonchev–Trinajstić information content (AvgIpc) is 2.59. The number of hydrogen-bond donors (Lipinski definition) is 2. The topological polar surface area (TPSA) is 79.5 Å². The summed E-state index contributed by atoms with van der Waals surface area (Å²) in [6.45, 7) is -0.269. The Bertz CT molecular complexity index is 886. The standard InChI is InChI=1S/C18H15NO4/c20-11-15(12-6-2-1-3-7-12)19-17(21)14-10-13-8-4-5-9-16(13)23-18(14)22/h1-10,15,20H,11H2,(H,19,21)/t15-/m1/s1. The molecule has 0 radical (unpaired) electrons. The quantitative estimate of drug-likeness (QED) is 0.725. The largest absolute Gasteiger partial charge is 0.422 e.